The summed E-state index contributed by atoms with van der Waals surface area (Å²) < 4.78 is 67.6. The van der Waals surface area contributed by atoms with Crippen LogP contribution in [0.3, 0.4) is 0 Å². The molecule has 1 heterocycles. The average Bonchev–Trinajstić information content (AvgIpc) is 2.50. The number of benzene rings is 1. The highest BCUT2D eigenvalue weighted by atomic mass is 35.5. The van der Waals surface area contributed by atoms with Crippen molar-refractivity contribution in [2.45, 2.75) is 12.2 Å². The molecule has 0 aliphatic carbocycles. The molecule has 0 saturated carbocycles. The van der Waals surface area contributed by atoms with E-state index in [2.05, 4.69) is 9.72 Å². The summed E-state index contributed by atoms with van der Waals surface area (Å²) >= 11 is 5.48. The second kappa shape index (κ2) is 7.96. The van der Waals surface area contributed by atoms with Gasteiger partial charge in [-0.05, 0) is 11.6 Å². The molecule has 0 fully saturated rings. The number of alkyl halides is 3. The number of ether oxygens (including phenoxy) is 1. The fraction of sp³-hybridized carbons (Fsp3) is 0.214. The SMILES string of the molecule is Cl.NC(c1ccc(OCC(F)(F)F)nc1)c1ccc(F)c(Cl)c1F. The Morgan fingerprint density at radius 2 is 1.83 bits per heavy atom. The topological polar surface area (TPSA) is 48.1 Å². The molecule has 132 valence electrons. The minimum atomic E-state index is -4.48. The molecule has 2 N–H and O–H groups in total. The number of pyridine rings is 1. The van der Waals surface area contributed by atoms with E-state index in [1.165, 1.54) is 12.1 Å². The third-order valence-corrected chi connectivity index (χ3v) is 3.25. The zero-order valence-electron chi connectivity index (χ0n) is 11.8. The van der Waals surface area contributed by atoms with Crippen LogP contribution >= 0.6 is 24.0 Å². The second-order valence-electron chi connectivity index (χ2n) is 4.58. The fourth-order valence-corrected chi connectivity index (χ4v) is 1.95. The van der Waals surface area contributed by atoms with E-state index in [0.717, 1.165) is 18.3 Å². The van der Waals surface area contributed by atoms with Gasteiger partial charge in [0.05, 0.1) is 6.04 Å². The summed E-state index contributed by atoms with van der Waals surface area (Å²) in [7, 11) is 0. The molecule has 1 aromatic heterocycles. The van der Waals surface area contributed by atoms with Crippen molar-refractivity contribution in [2.75, 3.05) is 6.61 Å². The van der Waals surface area contributed by atoms with Crippen LogP contribution in [0.4, 0.5) is 22.0 Å². The highest BCUT2D eigenvalue weighted by Crippen LogP contribution is 2.28. The van der Waals surface area contributed by atoms with E-state index < -0.39 is 35.5 Å². The van der Waals surface area contributed by atoms with Gasteiger partial charge in [-0.2, -0.15) is 13.2 Å². The predicted octanol–water partition coefficient (Wildman–Crippen LogP) is 4.42. The number of hydrogen-bond donors (Lipinski definition) is 1. The molecule has 10 heteroatoms. The molecule has 2 aromatic rings. The number of aromatic nitrogens is 1. The maximum atomic E-state index is 13.9. The van der Waals surface area contributed by atoms with Gasteiger partial charge in [0, 0.05) is 17.8 Å². The molecular formula is C14H11Cl2F5N2O. The van der Waals surface area contributed by atoms with Gasteiger partial charge in [0.25, 0.3) is 0 Å². The van der Waals surface area contributed by atoms with Crippen LogP contribution in [0.1, 0.15) is 17.2 Å². The molecule has 0 radical (unpaired) electrons. The molecule has 0 aliphatic heterocycles. The maximum Gasteiger partial charge on any atom is 0.422 e. The number of nitrogens with two attached hydrogens (primary N) is 1. The quantitative estimate of drug-likeness (QED) is 0.622. The van der Waals surface area contributed by atoms with E-state index in [9.17, 15) is 22.0 Å². The van der Waals surface area contributed by atoms with Crippen molar-refractivity contribution in [1.82, 2.24) is 4.98 Å². The lowest BCUT2D eigenvalue weighted by atomic mass is 10.0. The molecule has 24 heavy (non-hydrogen) atoms. The Bertz CT molecular complexity index is 695. The van der Waals surface area contributed by atoms with E-state index in [1.807, 2.05) is 0 Å². The van der Waals surface area contributed by atoms with E-state index in [0.29, 0.717) is 5.56 Å². The van der Waals surface area contributed by atoms with Gasteiger partial charge in [-0.15, -0.1) is 12.4 Å². The van der Waals surface area contributed by atoms with Crippen LogP contribution in [-0.4, -0.2) is 17.8 Å². The monoisotopic (exact) mass is 388 g/mol. The Morgan fingerprint density at radius 3 is 2.38 bits per heavy atom. The van der Waals surface area contributed by atoms with Crippen LogP contribution in [0.15, 0.2) is 30.5 Å². The van der Waals surface area contributed by atoms with Gasteiger partial charge in [-0.3, -0.25) is 0 Å². The first kappa shape index (κ1) is 20.4. The minimum Gasteiger partial charge on any atom is -0.468 e. The molecule has 0 aliphatic rings. The molecule has 0 bridgehead atoms. The Balaban J connectivity index is 0.00000288. The maximum absolute atomic E-state index is 13.9. The van der Waals surface area contributed by atoms with Crippen LogP contribution in [0.25, 0.3) is 0 Å². The average molecular weight is 389 g/mol. The van der Waals surface area contributed by atoms with Crippen LogP contribution in [0.2, 0.25) is 5.02 Å². The number of rotatable bonds is 4. The fourth-order valence-electron chi connectivity index (χ4n) is 1.78. The first-order valence-electron chi connectivity index (χ1n) is 6.23. The Morgan fingerprint density at radius 1 is 1.17 bits per heavy atom. The third-order valence-electron chi connectivity index (χ3n) is 2.90. The van der Waals surface area contributed by atoms with Gasteiger partial charge < -0.3 is 10.5 Å². The van der Waals surface area contributed by atoms with E-state index in [4.69, 9.17) is 17.3 Å². The minimum absolute atomic E-state index is 0. The van der Waals surface area contributed by atoms with E-state index >= 15 is 0 Å². The third kappa shape index (κ3) is 4.93. The van der Waals surface area contributed by atoms with Crippen molar-refractivity contribution in [3.63, 3.8) is 0 Å². The smallest absolute Gasteiger partial charge is 0.422 e. The summed E-state index contributed by atoms with van der Waals surface area (Å²) in [5, 5.41) is -0.684. The molecule has 3 nitrogen and oxygen atoms in total. The lowest BCUT2D eigenvalue weighted by Crippen LogP contribution is -2.20. The predicted molar refractivity (Wildman–Crippen MR) is 80.4 cm³/mol. The molecule has 0 spiro atoms. The summed E-state index contributed by atoms with van der Waals surface area (Å²) in [4.78, 5) is 3.67. The van der Waals surface area contributed by atoms with Crippen molar-refractivity contribution >= 4 is 24.0 Å². The zero-order valence-corrected chi connectivity index (χ0v) is 13.4. The Labute approximate surface area is 145 Å². The molecule has 1 aromatic carbocycles. The van der Waals surface area contributed by atoms with Crippen LogP contribution in [-0.2, 0) is 0 Å². The van der Waals surface area contributed by atoms with Crippen molar-refractivity contribution < 1.29 is 26.7 Å². The first-order valence-corrected chi connectivity index (χ1v) is 6.61. The first-order chi connectivity index (χ1) is 10.7. The summed E-state index contributed by atoms with van der Waals surface area (Å²) in [6, 6.07) is 3.59. The van der Waals surface area contributed by atoms with Crippen molar-refractivity contribution in [3.8, 4) is 5.88 Å². The lowest BCUT2D eigenvalue weighted by Gasteiger charge is -2.15. The van der Waals surface area contributed by atoms with Gasteiger partial charge in [0.15, 0.2) is 6.61 Å². The summed E-state index contributed by atoms with van der Waals surface area (Å²) in [5.41, 5.74) is 6.08. The largest absolute Gasteiger partial charge is 0.468 e. The van der Waals surface area contributed by atoms with Crippen LogP contribution < -0.4 is 10.5 Å². The van der Waals surface area contributed by atoms with Crippen molar-refractivity contribution in [3.05, 3.63) is 58.2 Å². The van der Waals surface area contributed by atoms with Crippen LogP contribution in [0.5, 0.6) is 5.88 Å². The summed E-state index contributed by atoms with van der Waals surface area (Å²) in [6.07, 6.45) is -3.34. The summed E-state index contributed by atoms with van der Waals surface area (Å²) in [5.74, 6) is -2.18. The Kier molecular flexibility index (Phi) is 6.76. The molecular weight excluding hydrogens is 378 g/mol. The second-order valence-corrected chi connectivity index (χ2v) is 4.95. The van der Waals surface area contributed by atoms with Gasteiger partial charge >= 0.3 is 6.18 Å². The number of nitrogens with zero attached hydrogens (tertiary/aromatic N) is 1. The van der Waals surface area contributed by atoms with E-state index in [1.54, 1.807) is 0 Å². The van der Waals surface area contributed by atoms with Gasteiger partial charge in [-0.1, -0.05) is 23.7 Å². The standard InChI is InChI=1S/C14H10ClF5N2O.ClH/c15-11-9(16)3-2-8(12(11)17)13(21)7-1-4-10(22-5-7)23-6-14(18,19)20;/h1-5,13H,6,21H2;1H. The van der Waals surface area contributed by atoms with Crippen molar-refractivity contribution in [2.24, 2.45) is 5.73 Å². The lowest BCUT2D eigenvalue weighted by molar-refractivity contribution is -0.154. The normalized spacial score (nSPS) is 12.5. The Hall–Kier alpha value is -1.64. The van der Waals surface area contributed by atoms with Crippen LogP contribution in [0, 0.1) is 11.6 Å². The zero-order chi connectivity index (χ0) is 17.2. The summed E-state index contributed by atoms with van der Waals surface area (Å²) in [6.45, 7) is -1.48. The molecule has 1 unspecified atom stereocenters. The van der Waals surface area contributed by atoms with Gasteiger partial charge in [-0.25, -0.2) is 13.8 Å². The highest BCUT2D eigenvalue weighted by molar-refractivity contribution is 6.30. The number of halogens is 7. The molecule has 1 atom stereocenters. The van der Waals surface area contributed by atoms with E-state index in [-0.39, 0.29) is 23.9 Å². The molecule has 0 saturated heterocycles. The van der Waals surface area contributed by atoms with Gasteiger partial charge in [0.1, 0.15) is 16.7 Å². The molecule has 2 rings (SSSR count). The van der Waals surface area contributed by atoms with Crippen molar-refractivity contribution in [1.29, 1.82) is 0 Å². The highest BCUT2D eigenvalue weighted by Gasteiger charge is 2.28. The molecule has 0 amide bonds. The van der Waals surface area contributed by atoms with Gasteiger partial charge in [0.2, 0.25) is 5.88 Å². The number of hydrogen-bond acceptors (Lipinski definition) is 3.